The highest BCUT2D eigenvalue weighted by Gasteiger charge is 2.44. The number of phenolic OH excluding ortho intramolecular Hbond substituents is 2. The van der Waals surface area contributed by atoms with E-state index >= 15 is 0 Å². The summed E-state index contributed by atoms with van der Waals surface area (Å²) in [6.45, 7) is -1.37. The van der Waals surface area contributed by atoms with Crippen molar-refractivity contribution in [1.82, 2.24) is 0 Å². The van der Waals surface area contributed by atoms with Crippen molar-refractivity contribution in [3.8, 4) is 11.5 Å². The number of anilines is 2. The third-order valence-electron chi connectivity index (χ3n) is 6.78. The summed E-state index contributed by atoms with van der Waals surface area (Å²) in [4.78, 5) is 30.9. The standard InChI is InChI=1S/C26H32Cl2F2N4O8/c1-33(2,41)9-5-31(7-11-35)21-13-14(22(18(28)17(21)27)32(8-12-36)6-10-34(3,4)42)24(38)16-15(23(13)37)25(39)19(29)20(30)26(16)40/h35-36,41-42H,5-12H2,1-4H3/p+2. The first-order chi connectivity index (χ1) is 19.4. The largest absolute Gasteiger partial charge is 0.504 e. The first-order valence-electron chi connectivity index (χ1n) is 12.8. The molecule has 0 aromatic heterocycles. The Morgan fingerprint density at radius 3 is 1.21 bits per heavy atom. The highest BCUT2D eigenvalue weighted by atomic mass is 35.5. The number of phenols is 2. The maximum absolute atomic E-state index is 14.5. The number of benzene rings is 2. The number of ketones is 2. The number of hydroxylamine groups is 6. The summed E-state index contributed by atoms with van der Waals surface area (Å²) in [6.07, 6.45) is 0. The van der Waals surface area contributed by atoms with Crippen LogP contribution in [0.15, 0.2) is 0 Å². The molecule has 16 heteroatoms. The molecule has 0 unspecified atom stereocenters. The molecule has 0 heterocycles. The Kier molecular flexibility index (Phi) is 9.96. The second-order valence-electron chi connectivity index (χ2n) is 10.9. The second kappa shape index (κ2) is 12.4. The highest BCUT2D eigenvalue weighted by Crippen LogP contribution is 2.51. The van der Waals surface area contributed by atoms with Crippen molar-refractivity contribution in [2.45, 2.75) is 0 Å². The average molecular weight is 639 g/mol. The number of nitrogens with zero attached hydrogens (tertiary/aromatic N) is 4. The molecule has 2 aromatic rings. The van der Waals surface area contributed by atoms with E-state index in [9.17, 15) is 49.2 Å². The van der Waals surface area contributed by atoms with Crippen molar-refractivity contribution >= 4 is 46.1 Å². The fourth-order valence-corrected chi connectivity index (χ4v) is 5.31. The number of likely N-dealkylation sites (N-methyl/N-ethyl adjacent to an activating group) is 2. The number of rotatable bonds is 12. The zero-order chi connectivity index (χ0) is 31.9. The Morgan fingerprint density at radius 1 is 0.643 bits per heavy atom. The molecule has 1 aliphatic carbocycles. The van der Waals surface area contributed by atoms with Gasteiger partial charge < -0.3 is 30.2 Å². The van der Waals surface area contributed by atoms with Crippen molar-refractivity contribution in [3.05, 3.63) is 43.9 Å². The Hall–Kier alpha value is -2.82. The lowest BCUT2D eigenvalue weighted by atomic mass is 9.80. The molecule has 12 nitrogen and oxygen atoms in total. The monoisotopic (exact) mass is 638 g/mol. The van der Waals surface area contributed by atoms with Crippen LogP contribution in [-0.2, 0) is 0 Å². The molecular formula is C26H34Cl2F2N4O8+2. The minimum atomic E-state index is -1.95. The van der Waals surface area contributed by atoms with Crippen molar-refractivity contribution in [2.24, 2.45) is 0 Å². The van der Waals surface area contributed by atoms with Crippen LogP contribution >= 0.6 is 23.2 Å². The molecule has 0 saturated heterocycles. The van der Waals surface area contributed by atoms with Gasteiger partial charge in [0, 0.05) is 13.1 Å². The molecule has 0 amide bonds. The first-order valence-corrected chi connectivity index (χ1v) is 13.5. The fourth-order valence-electron chi connectivity index (χ4n) is 4.70. The molecule has 0 saturated carbocycles. The van der Waals surface area contributed by atoms with E-state index in [0.29, 0.717) is 0 Å². The summed E-state index contributed by atoms with van der Waals surface area (Å²) >= 11 is 13.5. The molecule has 42 heavy (non-hydrogen) atoms. The summed E-state index contributed by atoms with van der Waals surface area (Å²) in [6, 6.07) is 0. The molecular weight excluding hydrogens is 605 g/mol. The van der Waals surface area contributed by atoms with Crippen LogP contribution < -0.4 is 9.80 Å². The number of fused-ring (bicyclic) bond motifs is 2. The minimum absolute atomic E-state index is 0.0230. The first kappa shape index (κ1) is 33.7. The summed E-state index contributed by atoms with van der Waals surface area (Å²) in [5, 5.41) is 60.5. The molecule has 3 rings (SSSR count). The Morgan fingerprint density at radius 2 is 0.952 bits per heavy atom. The number of quaternary nitrogens is 2. The van der Waals surface area contributed by atoms with E-state index < -0.39 is 79.5 Å². The Labute approximate surface area is 250 Å². The van der Waals surface area contributed by atoms with Crippen molar-refractivity contribution in [2.75, 3.05) is 90.5 Å². The van der Waals surface area contributed by atoms with Gasteiger partial charge >= 0.3 is 0 Å². The van der Waals surface area contributed by atoms with Crippen LogP contribution in [0.4, 0.5) is 20.2 Å². The molecule has 1 aliphatic rings. The summed E-state index contributed by atoms with van der Waals surface area (Å²) < 4.78 is 28.0. The van der Waals surface area contributed by atoms with Crippen molar-refractivity contribution in [1.29, 1.82) is 0 Å². The summed E-state index contributed by atoms with van der Waals surface area (Å²) in [5.74, 6) is -9.32. The van der Waals surface area contributed by atoms with Crippen molar-refractivity contribution < 1.29 is 58.5 Å². The number of aliphatic hydroxyl groups is 2. The number of hydrogen-bond donors (Lipinski definition) is 6. The van der Waals surface area contributed by atoms with Gasteiger partial charge in [-0.2, -0.15) is 18.1 Å². The van der Waals surface area contributed by atoms with Gasteiger partial charge in [0.25, 0.3) is 0 Å². The topological polar surface area (TPSA) is 162 Å². The molecule has 232 valence electrons. The van der Waals surface area contributed by atoms with Crippen LogP contribution in [0.3, 0.4) is 0 Å². The van der Waals surface area contributed by atoms with Gasteiger partial charge in [-0.05, 0) is 0 Å². The molecule has 0 aliphatic heterocycles. The van der Waals surface area contributed by atoms with E-state index in [1.54, 1.807) is 0 Å². The van der Waals surface area contributed by atoms with Gasteiger partial charge in [0.2, 0.25) is 23.2 Å². The van der Waals surface area contributed by atoms with E-state index in [-0.39, 0.29) is 60.7 Å². The van der Waals surface area contributed by atoms with Gasteiger partial charge in [-0.25, -0.2) is 10.4 Å². The van der Waals surface area contributed by atoms with Crippen LogP contribution in [-0.4, -0.2) is 132 Å². The predicted molar refractivity (Wildman–Crippen MR) is 149 cm³/mol. The molecule has 0 bridgehead atoms. The average Bonchev–Trinajstić information content (AvgIpc) is 2.89. The van der Waals surface area contributed by atoms with Gasteiger partial charge in [0.1, 0.15) is 13.1 Å². The van der Waals surface area contributed by atoms with Crippen molar-refractivity contribution in [3.63, 3.8) is 0 Å². The van der Waals surface area contributed by atoms with Crippen LogP contribution in [0.5, 0.6) is 11.5 Å². The van der Waals surface area contributed by atoms with Gasteiger partial charge in [-0.3, -0.25) is 9.59 Å². The minimum Gasteiger partial charge on any atom is -0.504 e. The summed E-state index contributed by atoms with van der Waals surface area (Å²) in [7, 11) is 5.84. The molecule has 6 N–H and O–H groups in total. The Bertz CT molecular complexity index is 1310. The molecule has 2 aromatic carbocycles. The fraction of sp³-hybridized carbons (Fsp3) is 0.462. The van der Waals surface area contributed by atoms with E-state index in [2.05, 4.69) is 0 Å². The lowest BCUT2D eigenvalue weighted by Crippen LogP contribution is -2.45. The second-order valence-corrected chi connectivity index (χ2v) is 11.7. The number of carbonyl (C=O) groups excluding carboxylic acids is 2. The third-order valence-corrected chi connectivity index (χ3v) is 7.61. The zero-order valence-electron chi connectivity index (χ0n) is 23.5. The SMILES string of the molecule is C[N+](C)(O)CCN(CCO)c1c(Cl)c(Cl)c(N(CCO)CC[N+](C)(C)O)c2c1C(=O)c1c(O)c(F)c(F)c(O)c1C2=O. The molecule has 0 fully saturated rings. The van der Waals surface area contributed by atoms with Crippen LogP contribution in [0.2, 0.25) is 10.0 Å². The van der Waals surface area contributed by atoms with E-state index in [4.69, 9.17) is 23.2 Å². The van der Waals surface area contributed by atoms with Crippen LogP contribution in [0, 0.1) is 11.6 Å². The number of halogens is 4. The van der Waals surface area contributed by atoms with Crippen LogP contribution in [0.1, 0.15) is 31.8 Å². The maximum Gasteiger partial charge on any atom is 0.205 e. The molecule has 0 atom stereocenters. The van der Waals surface area contributed by atoms with Gasteiger partial charge in [0.15, 0.2) is 11.5 Å². The van der Waals surface area contributed by atoms with Gasteiger partial charge in [0.05, 0.1) is 98.2 Å². The number of aromatic hydroxyl groups is 2. The predicted octanol–water partition coefficient (Wildman–Crippen LogP) is 1.99. The van der Waals surface area contributed by atoms with E-state index in [1.165, 1.54) is 38.0 Å². The highest BCUT2D eigenvalue weighted by molar-refractivity contribution is 6.48. The van der Waals surface area contributed by atoms with E-state index in [1.807, 2.05) is 0 Å². The number of aliphatic hydroxyl groups excluding tert-OH is 2. The van der Waals surface area contributed by atoms with Gasteiger partial charge in [-0.1, -0.05) is 23.2 Å². The smallest absolute Gasteiger partial charge is 0.205 e. The normalized spacial score (nSPS) is 13.3. The van der Waals surface area contributed by atoms with E-state index in [0.717, 1.165) is 0 Å². The third kappa shape index (κ3) is 6.40. The number of carbonyl (C=O) groups is 2. The Balaban J connectivity index is 2.48. The molecule has 0 spiro atoms. The zero-order valence-corrected chi connectivity index (χ0v) is 25.0. The lowest BCUT2D eigenvalue weighted by molar-refractivity contribution is -1.07. The summed E-state index contributed by atoms with van der Waals surface area (Å²) in [5.41, 5.74) is -3.38. The van der Waals surface area contributed by atoms with Gasteiger partial charge in [-0.15, -0.1) is 0 Å². The molecule has 0 radical (unpaired) electrons. The van der Waals surface area contributed by atoms with Crippen LogP contribution in [0.25, 0.3) is 0 Å². The lowest BCUT2D eigenvalue weighted by Gasteiger charge is -2.36. The number of hydrogen-bond acceptors (Lipinski definition) is 10. The quantitative estimate of drug-likeness (QED) is 0.0983. The maximum atomic E-state index is 14.5.